The lowest BCUT2D eigenvalue weighted by Gasteiger charge is -2.22. The Hall–Kier alpha value is -1.96. The number of nitrogens with zero attached hydrogens (tertiary/aromatic N) is 2. The van der Waals surface area contributed by atoms with Gasteiger partial charge in [-0.1, -0.05) is 12.1 Å². The molecule has 1 aliphatic carbocycles. The van der Waals surface area contributed by atoms with Gasteiger partial charge in [-0.3, -0.25) is 4.79 Å². The number of aromatic nitrogens is 1. The van der Waals surface area contributed by atoms with Crippen molar-refractivity contribution >= 4 is 17.2 Å². The van der Waals surface area contributed by atoms with Crippen LogP contribution in [0, 0.1) is 5.92 Å². The Morgan fingerprint density at radius 2 is 2.12 bits per heavy atom. The lowest BCUT2D eigenvalue weighted by molar-refractivity contribution is -0.133. The topological polar surface area (TPSA) is 71.9 Å². The summed E-state index contributed by atoms with van der Waals surface area (Å²) >= 11 is 1.47. The molecule has 1 fully saturated rings. The Morgan fingerprint density at radius 3 is 2.73 bits per heavy atom. The van der Waals surface area contributed by atoms with E-state index in [0.29, 0.717) is 32.0 Å². The van der Waals surface area contributed by atoms with Crippen LogP contribution in [0.2, 0.25) is 0 Å². The monoisotopic (exact) mass is 376 g/mol. The first-order valence-corrected chi connectivity index (χ1v) is 9.61. The molecule has 1 heterocycles. The number of rotatable bonds is 10. The molecule has 2 aromatic rings. The first-order valence-electron chi connectivity index (χ1n) is 8.73. The molecule has 0 atom stereocenters. The van der Waals surface area contributed by atoms with Gasteiger partial charge in [-0.25, -0.2) is 4.98 Å². The highest BCUT2D eigenvalue weighted by molar-refractivity contribution is 7.09. The number of aliphatic hydroxyl groups is 1. The summed E-state index contributed by atoms with van der Waals surface area (Å²) in [5.41, 5.74) is 1.74. The van der Waals surface area contributed by atoms with Crippen LogP contribution in [0.25, 0.3) is 0 Å². The zero-order chi connectivity index (χ0) is 18.4. The van der Waals surface area contributed by atoms with Gasteiger partial charge in [0, 0.05) is 31.5 Å². The smallest absolute Gasteiger partial charge is 0.226 e. The predicted molar refractivity (Wildman–Crippen MR) is 98.8 cm³/mol. The van der Waals surface area contributed by atoms with Gasteiger partial charge in [0.1, 0.15) is 17.4 Å². The number of ether oxygens (including phenoxy) is 2. The molecule has 1 amide bonds. The molecular weight excluding hydrogens is 352 g/mol. The number of thiazole rings is 1. The second-order valence-corrected chi connectivity index (χ2v) is 7.29. The summed E-state index contributed by atoms with van der Waals surface area (Å²) in [6.45, 7) is 2.07. The fourth-order valence-electron chi connectivity index (χ4n) is 2.60. The molecule has 0 bridgehead atoms. The van der Waals surface area contributed by atoms with Crippen LogP contribution in [0.1, 0.15) is 29.1 Å². The van der Waals surface area contributed by atoms with Crippen LogP contribution < -0.4 is 4.74 Å². The maximum Gasteiger partial charge on any atom is 0.226 e. The van der Waals surface area contributed by atoms with Crippen molar-refractivity contribution in [3.05, 3.63) is 45.9 Å². The third kappa shape index (κ3) is 5.27. The Bertz CT molecular complexity index is 713. The van der Waals surface area contributed by atoms with Crippen molar-refractivity contribution in [2.24, 2.45) is 5.92 Å². The van der Waals surface area contributed by atoms with Crippen molar-refractivity contribution in [2.45, 2.75) is 32.6 Å². The number of carbonyl (C=O) groups is 1. The van der Waals surface area contributed by atoms with Crippen LogP contribution in [-0.4, -0.2) is 41.2 Å². The van der Waals surface area contributed by atoms with Crippen molar-refractivity contribution < 1.29 is 19.4 Å². The normalized spacial score (nSPS) is 13.6. The number of carbonyl (C=O) groups excluding carboxylic acids is 1. The Labute approximate surface area is 157 Å². The summed E-state index contributed by atoms with van der Waals surface area (Å²) in [7, 11) is 1.65. The van der Waals surface area contributed by atoms with E-state index in [4.69, 9.17) is 14.6 Å². The quantitative estimate of drug-likeness (QED) is 0.690. The molecule has 3 rings (SSSR count). The summed E-state index contributed by atoms with van der Waals surface area (Å²) in [4.78, 5) is 18.5. The summed E-state index contributed by atoms with van der Waals surface area (Å²) in [6, 6.07) is 7.78. The van der Waals surface area contributed by atoms with E-state index in [-0.39, 0.29) is 18.4 Å². The average Bonchev–Trinajstić information content (AvgIpc) is 3.42. The van der Waals surface area contributed by atoms with Crippen LogP contribution in [0.4, 0.5) is 0 Å². The second kappa shape index (κ2) is 9.12. The van der Waals surface area contributed by atoms with E-state index >= 15 is 0 Å². The predicted octanol–water partition coefficient (Wildman–Crippen LogP) is 2.60. The third-order valence-corrected chi connectivity index (χ3v) is 5.10. The van der Waals surface area contributed by atoms with Gasteiger partial charge in [-0.15, -0.1) is 11.3 Å². The van der Waals surface area contributed by atoms with Crippen molar-refractivity contribution in [1.82, 2.24) is 9.88 Å². The maximum atomic E-state index is 12.4. The molecule has 1 saturated carbocycles. The van der Waals surface area contributed by atoms with Gasteiger partial charge >= 0.3 is 0 Å². The number of amides is 1. The molecule has 1 aromatic carbocycles. The third-order valence-electron chi connectivity index (χ3n) is 4.22. The van der Waals surface area contributed by atoms with Gasteiger partial charge in [0.05, 0.1) is 18.9 Å². The molecule has 140 valence electrons. The molecule has 0 spiro atoms. The molecular formula is C19H24N2O4S. The highest BCUT2D eigenvalue weighted by Gasteiger charge is 2.33. The summed E-state index contributed by atoms with van der Waals surface area (Å²) in [5.74, 6) is 1.19. The summed E-state index contributed by atoms with van der Waals surface area (Å²) in [5, 5.41) is 11.7. The van der Waals surface area contributed by atoms with Gasteiger partial charge in [0.2, 0.25) is 5.91 Å². The highest BCUT2D eigenvalue weighted by Crippen LogP contribution is 2.31. The lowest BCUT2D eigenvalue weighted by atomic mass is 10.2. The van der Waals surface area contributed by atoms with Gasteiger partial charge in [-0.05, 0) is 30.5 Å². The van der Waals surface area contributed by atoms with E-state index in [2.05, 4.69) is 4.98 Å². The van der Waals surface area contributed by atoms with Gasteiger partial charge < -0.3 is 19.5 Å². The Balaban J connectivity index is 1.54. The van der Waals surface area contributed by atoms with Crippen LogP contribution in [0.5, 0.6) is 5.75 Å². The van der Waals surface area contributed by atoms with E-state index in [9.17, 15) is 4.79 Å². The minimum Gasteiger partial charge on any atom is -0.486 e. The summed E-state index contributed by atoms with van der Waals surface area (Å²) in [6.07, 6.45) is 2.01. The van der Waals surface area contributed by atoms with Crippen LogP contribution in [0.3, 0.4) is 0 Å². The second-order valence-electron chi connectivity index (χ2n) is 6.35. The number of benzene rings is 1. The molecule has 1 aliphatic rings. The number of hydrogen-bond donors (Lipinski definition) is 1. The average molecular weight is 376 g/mol. The van der Waals surface area contributed by atoms with Gasteiger partial charge in [-0.2, -0.15) is 0 Å². The van der Waals surface area contributed by atoms with Gasteiger partial charge in [0.25, 0.3) is 0 Å². The van der Waals surface area contributed by atoms with E-state index in [1.54, 1.807) is 7.11 Å². The van der Waals surface area contributed by atoms with Crippen molar-refractivity contribution in [2.75, 3.05) is 20.3 Å². The zero-order valence-corrected chi connectivity index (χ0v) is 15.7. The molecule has 0 aliphatic heterocycles. The highest BCUT2D eigenvalue weighted by atomic mass is 32.1. The molecule has 1 aromatic heterocycles. The molecule has 0 saturated heterocycles. The largest absolute Gasteiger partial charge is 0.486 e. The van der Waals surface area contributed by atoms with Crippen molar-refractivity contribution in [3.63, 3.8) is 0 Å². The first-order chi connectivity index (χ1) is 12.7. The standard InChI is InChI=1S/C19H24N2O4S/c1-24-9-8-21(19(23)15-4-5-15)10-14-2-6-17(7-3-14)25-12-18-20-16(11-22)13-26-18/h2-3,6-7,13,15,22H,4-5,8-12H2,1H3. The van der Waals surface area contributed by atoms with Crippen molar-refractivity contribution in [1.29, 1.82) is 0 Å². The minimum atomic E-state index is -0.0512. The van der Waals surface area contributed by atoms with E-state index in [1.807, 2.05) is 34.5 Å². The molecule has 7 heteroatoms. The van der Waals surface area contributed by atoms with E-state index < -0.39 is 0 Å². The number of aliphatic hydroxyl groups excluding tert-OH is 1. The first kappa shape index (κ1) is 18.8. The molecule has 26 heavy (non-hydrogen) atoms. The maximum absolute atomic E-state index is 12.4. The van der Waals surface area contributed by atoms with Crippen LogP contribution in [0.15, 0.2) is 29.6 Å². The zero-order valence-electron chi connectivity index (χ0n) is 14.9. The van der Waals surface area contributed by atoms with Gasteiger partial charge in [0.15, 0.2) is 0 Å². The van der Waals surface area contributed by atoms with Crippen LogP contribution >= 0.6 is 11.3 Å². The molecule has 0 unspecified atom stereocenters. The number of hydrogen-bond acceptors (Lipinski definition) is 6. The summed E-state index contributed by atoms with van der Waals surface area (Å²) < 4.78 is 10.9. The Morgan fingerprint density at radius 1 is 1.35 bits per heavy atom. The molecule has 0 radical (unpaired) electrons. The van der Waals surface area contributed by atoms with E-state index in [1.165, 1.54) is 11.3 Å². The van der Waals surface area contributed by atoms with E-state index in [0.717, 1.165) is 29.2 Å². The fourth-order valence-corrected chi connectivity index (χ4v) is 3.30. The number of methoxy groups -OCH3 is 1. The Kier molecular flexibility index (Phi) is 6.60. The fraction of sp³-hybridized carbons (Fsp3) is 0.474. The molecule has 6 nitrogen and oxygen atoms in total. The van der Waals surface area contributed by atoms with Crippen molar-refractivity contribution in [3.8, 4) is 5.75 Å². The van der Waals surface area contributed by atoms with Crippen LogP contribution in [-0.2, 0) is 29.3 Å². The lowest BCUT2D eigenvalue weighted by Crippen LogP contribution is -2.34. The SMILES string of the molecule is COCCN(Cc1ccc(OCc2nc(CO)cs2)cc1)C(=O)C1CC1. The molecule has 1 N–H and O–H groups in total. The minimum absolute atomic E-state index is 0.0512.